The molecule has 21 valence electrons. The summed E-state index contributed by atoms with van der Waals surface area (Å²) in [6.45, 7) is 4.75. The fraction of sp³-hybridized carbons (Fsp3) is 0. The molecular formula is CAuLiN. The Kier molecular flexibility index (Phi) is 237. The van der Waals surface area contributed by atoms with E-state index in [1.807, 2.05) is 0 Å². The first-order chi connectivity index (χ1) is 1.00. The molecule has 0 unspecified atom stereocenters. The molecule has 4 heavy (non-hydrogen) atoms. The molecule has 0 atom stereocenters. The molecule has 0 fully saturated rings. The molecular weight excluding hydrogens is 230 g/mol. The summed E-state index contributed by atoms with van der Waals surface area (Å²) in [4.78, 5) is 0. The molecule has 0 spiro atoms. The van der Waals surface area contributed by atoms with Gasteiger partial charge in [-0.2, -0.15) is 0 Å². The summed E-state index contributed by atoms with van der Waals surface area (Å²) in [5.41, 5.74) is 0. The number of hydrogen-bond donors (Lipinski definition) is 0. The van der Waals surface area contributed by atoms with E-state index < -0.39 is 0 Å². The van der Waals surface area contributed by atoms with Crippen LogP contribution in [0.25, 0.3) is 0 Å². The molecule has 1 nitrogen and oxygen atoms in total. The third-order valence-electron chi connectivity index (χ3n) is 0. The minimum atomic E-state index is 0. The van der Waals surface area contributed by atoms with Crippen LogP contribution in [0.3, 0.4) is 0 Å². The topological polar surface area (TPSA) is 23.8 Å². The maximum absolute atomic E-state index is 6.25. The molecule has 0 aromatic rings. The van der Waals surface area contributed by atoms with Crippen LogP contribution < -0.4 is 18.9 Å². The second-order valence-electron chi connectivity index (χ2n) is 0. The smallest absolute Gasteiger partial charge is 0.512 e. The zero-order chi connectivity index (χ0) is 2.00. The Morgan fingerprint density at radius 3 is 1.25 bits per heavy atom. The summed E-state index contributed by atoms with van der Waals surface area (Å²) < 4.78 is 0. The van der Waals surface area contributed by atoms with Crippen molar-refractivity contribution in [1.82, 2.24) is 0 Å². The monoisotopic (exact) mass is 230 g/mol. The van der Waals surface area contributed by atoms with Crippen molar-refractivity contribution in [2.45, 2.75) is 0 Å². The first-order valence-electron chi connectivity index (χ1n) is 0.224. The molecule has 1 radical (unpaired) electrons. The zero-order valence-corrected chi connectivity index (χ0v) is 4.42. The van der Waals surface area contributed by atoms with E-state index in [9.17, 15) is 0 Å². The summed E-state index contributed by atoms with van der Waals surface area (Å²) in [5.74, 6) is 0. The molecule has 0 aromatic carbocycles. The van der Waals surface area contributed by atoms with Crippen LogP contribution >= 0.6 is 0 Å². The molecule has 0 amide bonds. The Bertz CT molecular complexity index is 12.8. The van der Waals surface area contributed by atoms with Gasteiger partial charge in [0.25, 0.3) is 0 Å². The average Bonchev–Trinajstić information content (AvgIpc) is 1.00. The predicted octanol–water partition coefficient (Wildman–Crippen LogP) is -2.90. The summed E-state index contributed by atoms with van der Waals surface area (Å²) >= 11 is 0. The summed E-state index contributed by atoms with van der Waals surface area (Å²) in [6.07, 6.45) is 0. The zero-order valence-electron chi connectivity index (χ0n) is 2.25. The fourth-order valence-corrected chi connectivity index (χ4v) is 0. The molecule has 0 bridgehead atoms. The Morgan fingerprint density at radius 1 is 1.25 bits per heavy atom. The van der Waals surface area contributed by atoms with Gasteiger partial charge < -0.3 is 11.8 Å². The van der Waals surface area contributed by atoms with E-state index in [1.54, 1.807) is 0 Å². The minimum absolute atomic E-state index is 0. The maximum atomic E-state index is 6.25. The van der Waals surface area contributed by atoms with E-state index in [2.05, 4.69) is 0 Å². The van der Waals surface area contributed by atoms with Crippen molar-refractivity contribution >= 4 is 0 Å². The van der Waals surface area contributed by atoms with Gasteiger partial charge in [-0.3, -0.25) is 0 Å². The van der Waals surface area contributed by atoms with Gasteiger partial charge in [0.2, 0.25) is 0 Å². The standard InChI is InChI=1S/CN.Au.Li/c1-2;;/q-1;;+1. The van der Waals surface area contributed by atoms with Crippen LogP contribution in [0.15, 0.2) is 0 Å². The van der Waals surface area contributed by atoms with Crippen LogP contribution in [0.5, 0.6) is 0 Å². The quantitative estimate of drug-likeness (QED) is 0.323. The Hall–Kier alpha value is 0.828. The van der Waals surface area contributed by atoms with Gasteiger partial charge in [0.05, 0.1) is 0 Å². The van der Waals surface area contributed by atoms with Gasteiger partial charge in [-0.15, -0.1) is 0 Å². The van der Waals surface area contributed by atoms with Gasteiger partial charge in [0.1, 0.15) is 0 Å². The largest absolute Gasteiger partial charge is 1.00 e. The van der Waals surface area contributed by atoms with E-state index in [0.29, 0.717) is 0 Å². The van der Waals surface area contributed by atoms with Crippen LogP contribution in [0.1, 0.15) is 0 Å². The third-order valence-corrected chi connectivity index (χ3v) is 0. The molecule has 0 rings (SSSR count). The van der Waals surface area contributed by atoms with Gasteiger partial charge in [0, 0.05) is 22.4 Å². The van der Waals surface area contributed by atoms with Crippen LogP contribution in [-0.2, 0) is 22.4 Å². The second-order valence-corrected chi connectivity index (χ2v) is 0. The third kappa shape index (κ3) is 13.8. The van der Waals surface area contributed by atoms with E-state index >= 15 is 0 Å². The molecule has 0 aliphatic carbocycles. The minimum Gasteiger partial charge on any atom is -0.512 e. The Labute approximate surface area is 53.1 Å². The maximum Gasteiger partial charge on any atom is 1.00 e. The summed E-state index contributed by atoms with van der Waals surface area (Å²) in [7, 11) is 0. The van der Waals surface area contributed by atoms with Gasteiger partial charge in [-0.05, 0) is 0 Å². The Balaban J connectivity index is -0.00000000500. The molecule has 0 heterocycles. The molecule has 3 heteroatoms. The van der Waals surface area contributed by atoms with Crippen molar-refractivity contribution in [1.29, 1.82) is 5.26 Å². The van der Waals surface area contributed by atoms with Crippen LogP contribution in [0.4, 0.5) is 0 Å². The molecule has 0 aromatic heterocycles. The van der Waals surface area contributed by atoms with Gasteiger partial charge in [0.15, 0.2) is 0 Å². The molecule has 0 N–H and O–H groups in total. The van der Waals surface area contributed by atoms with Crippen molar-refractivity contribution < 1.29 is 41.2 Å². The van der Waals surface area contributed by atoms with Crippen molar-refractivity contribution in [2.24, 2.45) is 0 Å². The molecule has 0 saturated heterocycles. The van der Waals surface area contributed by atoms with E-state index in [4.69, 9.17) is 11.8 Å². The molecule has 0 saturated carbocycles. The second kappa shape index (κ2) is 44.7. The SMILES string of the molecule is [Au].[C-]#N.[Li+]. The van der Waals surface area contributed by atoms with E-state index in [0.717, 1.165) is 0 Å². The first-order valence-corrected chi connectivity index (χ1v) is 0.224. The normalized spacial score (nSPS) is 0.500. The first kappa shape index (κ1) is 21.2. The van der Waals surface area contributed by atoms with Gasteiger partial charge in [-0.25, -0.2) is 0 Å². The van der Waals surface area contributed by atoms with Crippen LogP contribution in [-0.4, -0.2) is 0 Å². The summed E-state index contributed by atoms with van der Waals surface area (Å²) in [6, 6.07) is 0. The molecule has 0 aliphatic rings. The fourth-order valence-electron chi connectivity index (χ4n) is 0. The summed E-state index contributed by atoms with van der Waals surface area (Å²) in [5, 5.41) is 6.25. The molecule has 0 aliphatic heterocycles. The number of nitrogens with zero attached hydrogens (tertiary/aromatic N) is 1. The average molecular weight is 230 g/mol. The number of rotatable bonds is 0. The van der Waals surface area contributed by atoms with Crippen molar-refractivity contribution in [3.8, 4) is 0 Å². The van der Waals surface area contributed by atoms with Gasteiger partial charge in [-0.1, -0.05) is 0 Å². The van der Waals surface area contributed by atoms with Crippen molar-refractivity contribution in [3.63, 3.8) is 0 Å². The van der Waals surface area contributed by atoms with Crippen LogP contribution in [0.2, 0.25) is 0 Å². The van der Waals surface area contributed by atoms with Crippen molar-refractivity contribution in [3.05, 3.63) is 6.57 Å². The van der Waals surface area contributed by atoms with Gasteiger partial charge >= 0.3 is 18.9 Å². The number of hydrogen-bond acceptors (Lipinski definition) is 1. The van der Waals surface area contributed by atoms with Crippen molar-refractivity contribution in [2.75, 3.05) is 0 Å². The Morgan fingerprint density at radius 2 is 1.25 bits per heavy atom. The van der Waals surface area contributed by atoms with Crippen LogP contribution in [0, 0.1) is 11.8 Å². The van der Waals surface area contributed by atoms with E-state index in [-0.39, 0.29) is 41.2 Å². The van der Waals surface area contributed by atoms with E-state index in [1.165, 1.54) is 0 Å². The predicted molar refractivity (Wildman–Crippen MR) is 4.97 cm³/mol.